The number of fused-ring (bicyclic) bond motifs is 1. The van der Waals surface area contributed by atoms with E-state index in [-0.39, 0.29) is 19.1 Å². The quantitative estimate of drug-likeness (QED) is 0.495. The molecule has 0 bridgehead atoms. The Labute approximate surface area is 156 Å². The van der Waals surface area contributed by atoms with Crippen molar-refractivity contribution in [2.45, 2.75) is 13.3 Å². The van der Waals surface area contributed by atoms with Crippen LogP contribution in [0.1, 0.15) is 12.0 Å². The first-order valence-corrected chi connectivity index (χ1v) is 8.73. The molecule has 3 rings (SSSR count). The molecule has 1 amide bonds. The summed E-state index contributed by atoms with van der Waals surface area (Å²) < 4.78 is 11.0. The number of hydrogen-bond acceptors (Lipinski definition) is 5. The summed E-state index contributed by atoms with van der Waals surface area (Å²) in [4.78, 5) is 23.8. The fraction of sp³-hybridized carbons (Fsp3) is 0.238. The molecule has 0 unspecified atom stereocenters. The minimum atomic E-state index is -0.441. The van der Waals surface area contributed by atoms with E-state index in [1.807, 2.05) is 36.4 Å². The van der Waals surface area contributed by atoms with Gasteiger partial charge in [0.2, 0.25) is 0 Å². The van der Waals surface area contributed by atoms with Crippen molar-refractivity contribution in [1.29, 1.82) is 0 Å². The van der Waals surface area contributed by atoms with E-state index >= 15 is 0 Å². The summed E-state index contributed by atoms with van der Waals surface area (Å²) in [6.07, 6.45) is 0.494. The number of carbonyl (C=O) groups is 1. The van der Waals surface area contributed by atoms with Gasteiger partial charge in [-0.3, -0.25) is 4.79 Å². The number of aliphatic hydroxyl groups excluding tert-OH is 1. The van der Waals surface area contributed by atoms with Crippen LogP contribution in [0.25, 0.3) is 22.1 Å². The number of aryl methyl sites for hydroxylation is 1. The predicted octanol–water partition coefficient (Wildman–Crippen LogP) is 2.65. The lowest BCUT2D eigenvalue weighted by Crippen LogP contribution is -2.30. The van der Waals surface area contributed by atoms with Gasteiger partial charge in [0.25, 0.3) is 5.91 Å². The van der Waals surface area contributed by atoms with E-state index in [1.165, 1.54) is 6.07 Å². The van der Waals surface area contributed by atoms with E-state index < -0.39 is 5.63 Å². The van der Waals surface area contributed by atoms with Crippen molar-refractivity contribution < 1.29 is 19.1 Å². The Morgan fingerprint density at radius 2 is 1.96 bits per heavy atom. The number of aliphatic hydroxyl groups is 1. The maximum Gasteiger partial charge on any atom is 0.336 e. The molecule has 0 spiro atoms. The van der Waals surface area contributed by atoms with Crippen LogP contribution in [0.15, 0.2) is 57.7 Å². The van der Waals surface area contributed by atoms with Gasteiger partial charge >= 0.3 is 5.63 Å². The van der Waals surface area contributed by atoms with Crippen LogP contribution in [-0.2, 0) is 4.79 Å². The highest BCUT2D eigenvalue weighted by atomic mass is 16.5. The van der Waals surface area contributed by atoms with Crippen molar-refractivity contribution in [3.8, 4) is 16.9 Å². The van der Waals surface area contributed by atoms with Crippen molar-refractivity contribution in [2.24, 2.45) is 0 Å². The lowest BCUT2D eigenvalue weighted by atomic mass is 10.0. The van der Waals surface area contributed by atoms with Crippen LogP contribution in [0.3, 0.4) is 0 Å². The molecule has 0 saturated carbocycles. The fourth-order valence-corrected chi connectivity index (χ4v) is 2.86. The van der Waals surface area contributed by atoms with Crippen LogP contribution in [-0.4, -0.2) is 30.8 Å². The molecule has 0 fully saturated rings. The third-order valence-electron chi connectivity index (χ3n) is 4.21. The van der Waals surface area contributed by atoms with Gasteiger partial charge in [0, 0.05) is 30.2 Å². The van der Waals surface area contributed by atoms with Crippen LogP contribution < -0.4 is 15.7 Å². The van der Waals surface area contributed by atoms with E-state index in [9.17, 15) is 9.59 Å². The first kappa shape index (κ1) is 18.7. The van der Waals surface area contributed by atoms with Gasteiger partial charge in [-0.1, -0.05) is 30.3 Å². The second-order valence-corrected chi connectivity index (χ2v) is 6.13. The first-order valence-electron chi connectivity index (χ1n) is 8.73. The summed E-state index contributed by atoms with van der Waals surface area (Å²) in [5.41, 5.74) is 2.37. The molecule has 0 atom stereocenters. The van der Waals surface area contributed by atoms with Crippen molar-refractivity contribution >= 4 is 16.9 Å². The molecule has 27 heavy (non-hydrogen) atoms. The summed E-state index contributed by atoms with van der Waals surface area (Å²) in [5.74, 6) is 0.204. The maximum atomic E-state index is 12.1. The highest BCUT2D eigenvalue weighted by Crippen LogP contribution is 2.32. The van der Waals surface area contributed by atoms with Gasteiger partial charge in [-0.25, -0.2) is 4.79 Å². The summed E-state index contributed by atoms with van der Waals surface area (Å²) in [6.45, 7) is 2.05. The standard InChI is InChI=1S/C21H21NO5/c1-14-18(26-13-19(24)22-10-5-11-23)9-8-16-17(12-20(25)27-21(14)16)15-6-3-2-4-7-15/h2-4,6-9,12,23H,5,10-11,13H2,1H3,(H,22,24). The highest BCUT2D eigenvalue weighted by Gasteiger charge is 2.14. The minimum absolute atomic E-state index is 0.0215. The summed E-state index contributed by atoms with van der Waals surface area (Å²) in [7, 11) is 0. The third-order valence-corrected chi connectivity index (χ3v) is 4.21. The van der Waals surface area contributed by atoms with Crippen molar-refractivity contribution in [3.63, 3.8) is 0 Å². The second-order valence-electron chi connectivity index (χ2n) is 6.13. The van der Waals surface area contributed by atoms with Crippen LogP contribution >= 0.6 is 0 Å². The Bertz CT molecular complexity index is 995. The van der Waals surface area contributed by atoms with Gasteiger partial charge in [0.15, 0.2) is 6.61 Å². The van der Waals surface area contributed by atoms with Gasteiger partial charge < -0.3 is 19.6 Å². The predicted molar refractivity (Wildman–Crippen MR) is 103 cm³/mol. The molecule has 2 aromatic carbocycles. The second kappa shape index (κ2) is 8.51. The lowest BCUT2D eigenvalue weighted by Gasteiger charge is -2.12. The van der Waals surface area contributed by atoms with E-state index in [1.54, 1.807) is 13.0 Å². The molecule has 0 aliphatic heterocycles. The van der Waals surface area contributed by atoms with Crippen molar-refractivity contribution in [2.75, 3.05) is 19.8 Å². The Morgan fingerprint density at radius 1 is 1.19 bits per heavy atom. The van der Waals surface area contributed by atoms with Gasteiger partial charge in [-0.15, -0.1) is 0 Å². The number of carbonyl (C=O) groups excluding carboxylic acids is 1. The number of benzene rings is 2. The molecule has 3 aromatic rings. The molecule has 0 radical (unpaired) electrons. The Hall–Kier alpha value is -3.12. The average Bonchev–Trinajstić information content (AvgIpc) is 2.68. The number of hydrogen-bond donors (Lipinski definition) is 2. The van der Waals surface area contributed by atoms with Crippen LogP contribution in [0.4, 0.5) is 0 Å². The molecule has 140 valence electrons. The van der Waals surface area contributed by atoms with Gasteiger partial charge in [0.1, 0.15) is 11.3 Å². The van der Waals surface area contributed by atoms with Crippen LogP contribution in [0.5, 0.6) is 5.75 Å². The number of nitrogens with one attached hydrogen (secondary N) is 1. The zero-order valence-corrected chi connectivity index (χ0v) is 15.0. The smallest absolute Gasteiger partial charge is 0.336 e. The summed E-state index contributed by atoms with van der Waals surface area (Å²) >= 11 is 0. The summed E-state index contributed by atoms with van der Waals surface area (Å²) in [6, 6.07) is 14.7. The topological polar surface area (TPSA) is 88.8 Å². The van der Waals surface area contributed by atoms with Crippen LogP contribution in [0, 0.1) is 6.92 Å². The van der Waals surface area contributed by atoms with E-state index in [2.05, 4.69) is 5.32 Å². The lowest BCUT2D eigenvalue weighted by molar-refractivity contribution is -0.123. The Balaban J connectivity index is 1.89. The number of amides is 1. The monoisotopic (exact) mass is 367 g/mol. The molecule has 0 saturated heterocycles. The van der Waals surface area contributed by atoms with Gasteiger partial charge in [0.05, 0.1) is 0 Å². The zero-order valence-electron chi connectivity index (χ0n) is 15.0. The van der Waals surface area contributed by atoms with Crippen molar-refractivity contribution in [1.82, 2.24) is 5.32 Å². The van der Waals surface area contributed by atoms with E-state index in [0.29, 0.717) is 29.9 Å². The average molecular weight is 367 g/mol. The number of rotatable bonds is 7. The Morgan fingerprint density at radius 3 is 2.70 bits per heavy atom. The molecule has 0 aliphatic rings. The minimum Gasteiger partial charge on any atom is -0.483 e. The molecule has 2 N–H and O–H groups in total. The molecule has 1 aromatic heterocycles. The molecule has 6 heteroatoms. The maximum absolute atomic E-state index is 12.1. The molecular weight excluding hydrogens is 346 g/mol. The summed E-state index contributed by atoms with van der Waals surface area (Å²) in [5, 5.41) is 12.2. The fourth-order valence-electron chi connectivity index (χ4n) is 2.86. The molecule has 1 heterocycles. The largest absolute Gasteiger partial charge is 0.483 e. The number of ether oxygens (including phenoxy) is 1. The molecular formula is C21H21NO5. The van der Waals surface area contributed by atoms with Gasteiger partial charge in [-0.05, 0) is 36.6 Å². The molecule has 6 nitrogen and oxygen atoms in total. The third kappa shape index (κ3) is 4.35. The van der Waals surface area contributed by atoms with E-state index in [4.69, 9.17) is 14.3 Å². The SMILES string of the molecule is Cc1c(OCC(=O)NCCCO)ccc2c(-c3ccccc3)cc(=O)oc12. The Kier molecular flexibility index (Phi) is 5.88. The zero-order chi connectivity index (χ0) is 19.2. The van der Waals surface area contributed by atoms with Crippen molar-refractivity contribution in [3.05, 3.63) is 64.5 Å². The normalized spacial score (nSPS) is 10.7. The first-order chi connectivity index (χ1) is 13.1. The van der Waals surface area contributed by atoms with E-state index in [0.717, 1.165) is 16.5 Å². The van der Waals surface area contributed by atoms with Gasteiger partial charge in [-0.2, -0.15) is 0 Å². The molecule has 0 aliphatic carbocycles. The highest BCUT2D eigenvalue weighted by molar-refractivity contribution is 5.95. The van der Waals surface area contributed by atoms with Crippen LogP contribution in [0.2, 0.25) is 0 Å².